The number of amides is 2. The maximum Gasteiger partial charge on any atom is 0.255 e. The second-order valence-corrected chi connectivity index (χ2v) is 7.08. The van der Waals surface area contributed by atoms with Crippen LogP contribution in [0.2, 0.25) is 0 Å². The molecule has 6 nitrogen and oxygen atoms in total. The van der Waals surface area contributed by atoms with Gasteiger partial charge < -0.3 is 15.2 Å². The fourth-order valence-corrected chi connectivity index (χ4v) is 2.92. The third-order valence-corrected chi connectivity index (χ3v) is 4.90. The van der Waals surface area contributed by atoms with Crippen LogP contribution in [0.25, 0.3) is 0 Å². The van der Waals surface area contributed by atoms with E-state index in [1.807, 2.05) is 43.7 Å². The lowest BCUT2D eigenvalue weighted by molar-refractivity contribution is 0.0940. The van der Waals surface area contributed by atoms with Crippen LogP contribution in [0.4, 0.5) is 5.69 Å². The Morgan fingerprint density at radius 3 is 2.45 bits per heavy atom. The number of nitrogens with one attached hydrogen (secondary N) is 2. The van der Waals surface area contributed by atoms with Crippen molar-refractivity contribution in [1.29, 1.82) is 0 Å². The predicted molar refractivity (Wildman–Crippen MR) is 114 cm³/mol. The van der Waals surface area contributed by atoms with E-state index in [0.29, 0.717) is 23.4 Å². The van der Waals surface area contributed by atoms with Crippen molar-refractivity contribution in [2.24, 2.45) is 0 Å². The number of para-hydroxylation sites is 1. The Kier molecular flexibility index (Phi) is 6.44. The van der Waals surface area contributed by atoms with Gasteiger partial charge in [-0.05, 0) is 50.1 Å². The summed E-state index contributed by atoms with van der Waals surface area (Å²) in [6.07, 6.45) is 4.54. The van der Waals surface area contributed by atoms with E-state index in [4.69, 9.17) is 0 Å². The van der Waals surface area contributed by atoms with E-state index in [9.17, 15) is 9.59 Å². The van der Waals surface area contributed by atoms with E-state index in [1.165, 1.54) is 0 Å². The SMILES string of the molecule is CCC(C)NC(=O)c1ccccc1NC(=O)c1ccc(Cn2ccnc2C)cc1. The first-order valence-corrected chi connectivity index (χ1v) is 9.76. The van der Waals surface area contributed by atoms with Gasteiger partial charge >= 0.3 is 0 Å². The molecule has 1 heterocycles. The van der Waals surface area contributed by atoms with Crippen molar-refractivity contribution < 1.29 is 9.59 Å². The van der Waals surface area contributed by atoms with Gasteiger partial charge in [-0.1, -0.05) is 31.2 Å². The number of hydrogen-bond acceptors (Lipinski definition) is 3. The number of nitrogens with zero attached hydrogens (tertiary/aromatic N) is 2. The minimum Gasteiger partial charge on any atom is -0.350 e. The maximum atomic E-state index is 12.7. The molecule has 0 radical (unpaired) electrons. The van der Waals surface area contributed by atoms with E-state index >= 15 is 0 Å². The lowest BCUT2D eigenvalue weighted by atomic mass is 10.1. The smallest absolute Gasteiger partial charge is 0.255 e. The van der Waals surface area contributed by atoms with Gasteiger partial charge in [0.15, 0.2) is 0 Å². The lowest BCUT2D eigenvalue weighted by Gasteiger charge is -2.15. The molecule has 2 amide bonds. The number of aryl methyl sites for hydroxylation is 1. The molecule has 6 heteroatoms. The Morgan fingerprint density at radius 2 is 1.79 bits per heavy atom. The molecule has 1 atom stereocenters. The van der Waals surface area contributed by atoms with Crippen molar-refractivity contribution in [3.05, 3.63) is 83.4 Å². The molecule has 3 rings (SSSR count). The number of benzene rings is 2. The largest absolute Gasteiger partial charge is 0.350 e. The maximum absolute atomic E-state index is 12.7. The van der Waals surface area contributed by atoms with Crippen molar-refractivity contribution in [3.8, 4) is 0 Å². The summed E-state index contributed by atoms with van der Waals surface area (Å²) in [6.45, 7) is 6.62. The summed E-state index contributed by atoms with van der Waals surface area (Å²) in [4.78, 5) is 29.4. The van der Waals surface area contributed by atoms with Crippen molar-refractivity contribution in [3.63, 3.8) is 0 Å². The van der Waals surface area contributed by atoms with Gasteiger partial charge in [0.1, 0.15) is 5.82 Å². The van der Waals surface area contributed by atoms with Gasteiger partial charge in [0.25, 0.3) is 11.8 Å². The predicted octanol–water partition coefficient (Wildman–Crippen LogP) is 4.02. The van der Waals surface area contributed by atoms with Crippen LogP contribution >= 0.6 is 0 Å². The number of aromatic nitrogens is 2. The Morgan fingerprint density at radius 1 is 1.07 bits per heavy atom. The van der Waals surface area contributed by atoms with Gasteiger partial charge in [-0.2, -0.15) is 0 Å². The Labute approximate surface area is 171 Å². The Bertz CT molecular complexity index is 992. The molecule has 0 bridgehead atoms. The fraction of sp³-hybridized carbons (Fsp3) is 0.261. The first kappa shape index (κ1) is 20.3. The standard InChI is InChI=1S/C23H26N4O2/c1-4-16(2)25-23(29)20-7-5-6-8-21(20)26-22(28)19-11-9-18(10-12-19)15-27-14-13-24-17(27)3/h5-14,16H,4,15H2,1-3H3,(H,25,29)(H,26,28). The van der Waals surface area contributed by atoms with E-state index < -0.39 is 0 Å². The highest BCUT2D eigenvalue weighted by molar-refractivity contribution is 6.09. The Hall–Kier alpha value is -3.41. The second-order valence-electron chi connectivity index (χ2n) is 7.08. The summed E-state index contributed by atoms with van der Waals surface area (Å²) in [5.41, 5.74) is 2.56. The quantitative estimate of drug-likeness (QED) is 0.640. The zero-order chi connectivity index (χ0) is 20.8. The topological polar surface area (TPSA) is 76.0 Å². The normalized spacial score (nSPS) is 11.7. The number of anilines is 1. The van der Waals surface area contributed by atoms with Crippen LogP contribution < -0.4 is 10.6 Å². The molecule has 1 unspecified atom stereocenters. The molecule has 1 aromatic heterocycles. The van der Waals surface area contributed by atoms with Gasteiger partial charge in [-0.15, -0.1) is 0 Å². The monoisotopic (exact) mass is 390 g/mol. The summed E-state index contributed by atoms with van der Waals surface area (Å²) >= 11 is 0. The second kappa shape index (κ2) is 9.19. The van der Waals surface area contributed by atoms with Crippen LogP contribution in [0.5, 0.6) is 0 Å². The number of carbonyl (C=O) groups excluding carboxylic acids is 2. The molecule has 0 fully saturated rings. The van der Waals surface area contributed by atoms with Crippen LogP contribution in [0.15, 0.2) is 60.9 Å². The molecule has 3 aromatic rings. The zero-order valence-electron chi connectivity index (χ0n) is 17.0. The molecule has 0 saturated heterocycles. The molecule has 0 aliphatic carbocycles. The Balaban J connectivity index is 1.70. The van der Waals surface area contributed by atoms with E-state index in [2.05, 4.69) is 15.6 Å². The van der Waals surface area contributed by atoms with Crippen LogP contribution in [0.1, 0.15) is 52.4 Å². The average Bonchev–Trinajstić information content (AvgIpc) is 3.13. The van der Waals surface area contributed by atoms with Crippen molar-refractivity contribution >= 4 is 17.5 Å². The lowest BCUT2D eigenvalue weighted by Crippen LogP contribution is -2.32. The van der Waals surface area contributed by atoms with Gasteiger partial charge in [-0.25, -0.2) is 4.98 Å². The van der Waals surface area contributed by atoms with Crippen LogP contribution in [-0.2, 0) is 6.54 Å². The molecule has 0 aliphatic rings. The molecule has 0 spiro atoms. The number of rotatable bonds is 7. The van der Waals surface area contributed by atoms with Gasteiger partial charge in [0.05, 0.1) is 11.3 Å². The highest BCUT2D eigenvalue weighted by Gasteiger charge is 2.15. The summed E-state index contributed by atoms with van der Waals surface area (Å²) < 4.78 is 2.04. The van der Waals surface area contributed by atoms with Crippen molar-refractivity contribution in [1.82, 2.24) is 14.9 Å². The van der Waals surface area contributed by atoms with Gasteiger partial charge in [0.2, 0.25) is 0 Å². The molecule has 29 heavy (non-hydrogen) atoms. The number of carbonyl (C=O) groups is 2. The molecular formula is C23H26N4O2. The van der Waals surface area contributed by atoms with Gasteiger partial charge in [-0.3, -0.25) is 9.59 Å². The summed E-state index contributed by atoms with van der Waals surface area (Å²) in [5.74, 6) is 0.500. The molecular weight excluding hydrogens is 364 g/mol. The van der Waals surface area contributed by atoms with E-state index in [1.54, 1.807) is 42.6 Å². The minimum atomic E-state index is -0.251. The van der Waals surface area contributed by atoms with E-state index in [0.717, 1.165) is 17.8 Å². The first-order valence-electron chi connectivity index (χ1n) is 9.76. The average molecular weight is 390 g/mol. The van der Waals surface area contributed by atoms with Crippen molar-refractivity contribution in [2.45, 2.75) is 39.8 Å². The summed E-state index contributed by atoms with van der Waals surface area (Å²) in [5, 5.41) is 5.79. The number of hydrogen-bond donors (Lipinski definition) is 2. The van der Waals surface area contributed by atoms with Crippen LogP contribution in [0.3, 0.4) is 0 Å². The van der Waals surface area contributed by atoms with Crippen LogP contribution in [-0.4, -0.2) is 27.4 Å². The summed E-state index contributed by atoms with van der Waals surface area (Å²) in [6, 6.07) is 14.5. The molecule has 2 N–H and O–H groups in total. The molecule has 2 aromatic carbocycles. The highest BCUT2D eigenvalue weighted by Crippen LogP contribution is 2.17. The molecule has 150 valence electrons. The molecule has 0 aliphatic heterocycles. The highest BCUT2D eigenvalue weighted by atomic mass is 16.2. The van der Waals surface area contributed by atoms with Crippen molar-refractivity contribution in [2.75, 3.05) is 5.32 Å². The van der Waals surface area contributed by atoms with Gasteiger partial charge in [0, 0.05) is 30.5 Å². The third-order valence-electron chi connectivity index (χ3n) is 4.90. The first-order chi connectivity index (χ1) is 14.0. The van der Waals surface area contributed by atoms with E-state index in [-0.39, 0.29) is 17.9 Å². The molecule has 0 saturated carbocycles. The number of imidazole rings is 1. The van der Waals surface area contributed by atoms with Crippen LogP contribution in [0, 0.1) is 6.92 Å². The third kappa shape index (κ3) is 5.10. The summed E-state index contributed by atoms with van der Waals surface area (Å²) in [7, 11) is 0. The zero-order valence-corrected chi connectivity index (χ0v) is 17.0. The minimum absolute atomic E-state index is 0.0675. The fourth-order valence-electron chi connectivity index (χ4n) is 2.92.